The summed E-state index contributed by atoms with van der Waals surface area (Å²) in [6, 6.07) is 26.2. The van der Waals surface area contributed by atoms with Gasteiger partial charge < -0.3 is 19.3 Å². The lowest BCUT2D eigenvalue weighted by atomic mass is 10.1. The smallest absolute Gasteiger partial charge is 0.237 e. The second-order valence-corrected chi connectivity index (χ2v) is 12.6. The van der Waals surface area contributed by atoms with Gasteiger partial charge in [0.2, 0.25) is 18.6 Å². The monoisotopic (exact) mass is 586 g/mol. The van der Waals surface area contributed by atoms with Gasteiger partial charge in [0.15, 0.2) is 11.5 Å². The molecule has 42 heavy (non-hydrogen) atoms. The van der Waals surface area contributed by atoms with Gasteiger partial charge in [-0.1, -0.05) is 106 Å². The number of fused-ring (bicyclic) bond motifs is 1. The molecule has 0 N–H and O–H groups in total. The average molecular weight is 587 g/mol. The number of thioether (sulfide) groups is 1. The zero-order valence-corrected chi connectivity index (χ0v) is 25.4. The molecule has 0 aromatic heterocycles. The first-order valence-electron chi connectivity index (χ1n) is 15.3. The molecule has 2 atom stereocenters. The average Bonchev–Trinajstić information content (AvgIpc) is 3.60. The minimum absolute atomic E-state index is 0.0212. The molecular weight excluding hydrogens is 544 g/mol. The van der Waals surface area contributed by atoms with Gasteiger partial charge in [0.25, 0.3) is 0 Å². The number of ether oxygens (including phenoxy) is 2. The van der Waals surface area contributed by atoms with Crippen LogP contribution < -0.4 is 9.47 Å². The summed E-state index contributed by atoms with van der Waals surface area (Å²) in [5, 5.41) is -0.258. The van der Waals surface area contributed by atoms with E-state index in [1.807, 2.05) is 88.7 Å². The van der Waals surface area contributed by atoms with Crippen LogP contribution in [0.15, 0.2) is 78.9 Å². The van der Waals surface area contributed by atoms with Crippen molar-refractivity contribution in [3.63, 3.8) is 0 Å². The quantitative estimate of drug-likeness (QED) is 0.176. The van der Waals surface area contributed by atoms with E-state index in [0.29, 0.717) is 19.6 Å². The van der Waals surface area contributed by atoms with E-state index in [-0.39, 0.29) is 35.7 Å². The van der Waals surface area contributed by atoms with Crippen molar-refractivity contribution >= 4 is 23.6 Å². The number of hydrogen-bond donors (Lipinski definition) is 0. The lowest BCUT2D eigenvalue weighted by Crippen LogP contribution is -2.38. The maximum Gasteiger partial charge on any atom is 0.237 e. The van der Waals surface area contributed by atoms with Gasteiger partial charge in [-0.2, -0.15) is 0 Å². The Morgan fingerprint density at radius 1 is 0.857 bits per heavy atom. The number of hydrogen-bond acceptors (Lipinski definition) is 5. The summed E-state index contributed by atoms with van der Waals surface area (Å²) >= 11 is 1.69. The highest BCUT2D eigenvalue weighted by atomic mass is 32.2. The van der Waals surface area contributed by atoms with Gasteiger partial charge in [-0.05, 0) is 41.7 Å². The first-order valence-corrected chi connectivity index (χ1v) is 16.2. The summed E-state index contributed by atoms with van der Waals surface area (Å²) in [5.41, 5.74) is 3.29. The normalized spacial score (nSPS) is 17.5. The Bertz CT molecular complexity index is 1260. The van der Waals surface area contributed by atoms with Crippen molar-refractivity contribution in [3.05, 3.63) is 95.6 Å². The maximum absolute atomic E-state index is 13.8. The molecule has 2 amide bonds. The Hall–Kier alpha value is -3.45. The number of amides is 2. The summed E-state index contributed by atoms with van der Waals surface area (Å²) in [4.78, 5) is 31.6. The van der Waals surface area contributed by atoms with Gasteiger partial charge >= 0.3 is 0 Å². The fourth-order valence-corrected chi connectivity index (χ4v) is 7.19. The van der Waals surface area contributed by atoms with E-state index in [2.05, 4.69) is 6.92 Å². The van der Waals surface area contributed by atoms with Crippen LogP contribution in [-0.2, 0) is 29.1 Å². The molecule has 0 saturated carbocycles. The van der Waals surface area contributed by atoms with Crippen molar-refractivity contribution in [2.24, 2.45) is 0 Å². The maximum atomic E-state index is 13.8. The van der Waals surface area contributed by atoms with E-state index >= 15 is 0 Å². The van der Waals surface area contributed by atoms with Crippen LogP contribution in [0.25, 0.3) is 0 Å². The molecule has 2 heterocycles. The van der Waals surface area contributed by atoms with Crippen molar-refractivity contribution in [1.82, 2.24) is 9.80 Å². The first kappa shape index (κ1) is 30.0. The molecular formula is C35H42N2O4S. The molecule has 222 valence electrons. The van der Waals surface area contributed by atoms with Crippen LogP contribution in [0.1, 0.15) is 68.6 Å². The van der Waals surface area contributed by atoms with E-state index in [4.69, 9.17) is 9.47 Å². The highest BCUT2D eigenvalue weighted by molar-refractivity contribution is 8.01. The van der Waals surface area contributed by atoms with E-state index in [1.165, 1.54) is 25.7 Å². The Morgan fingerprint density at radius 3 is 2.21 bits per heavy atom. The predicted molar refractivity (Wildman–Crippen MR) is 168 cm³/mol. The van der Waals surface area contributed by atoms with Crippen molar-refractivity contribution < 1.29 is 19.1 Å². The summed E-state index contributed by atoms with van der Waals surface area (Å²) in [6.07, 6.45) is 7.89. The summed E-state index contributed by atoms with van der Waals surface area (Å²) < 4.78 is 11.0. The second kappa shape index (κ2) is 15.1. The van der Waals surface area contributed by atoms with Gasteiger partial charge in [0.05, 0.1) is 10.6 Å². The lowest BCUT2D eigenvalue weighted by Gasteiger charge is -2.24. The van der Waals surface area contributed by atoms with Gasteiger partial charge in [0.1, 0.15) is 0 Å². The zero-order valence-electron chi connectivity index (χ0n) is 24.6. The van der Waals surface area contributed by atoms with E-state index in [0.717, 1.165) is 47.5 Å². The Labute approximate surface area is 254 Å². The number of carbonyl (C=O) groups excluding carboxylic acids is 2. The van der Waals surface area contributed by atoms with Crippen LogP contribution in [0.2, 0.25) is 0 Å². The molecule has 1 saturated heterocycles. The van der Waals surface area contributed by atoms with Crippen LogP contribution in [0.4, 0.5) is 0 Å². The van der Waals surface area contributed by atoms with E-state index < -0.39 is 0 Å². The number of nitrogens with zero attached hydrogens (tertiary/aromatic N) is 2. The molecule has 0 aliphatic carbocycles. The summed E-state index contributed by atoms with van der Waals surface area (Å²) in [7, 11) is 0. The molecule has 0 spiro atoms. The number of rotatable bonds is 15. The van der Waals surface area contributed by atoms with Crippen LogP contribution in [0.3, 0.4) is 0 Å². The standard InChI is InChI=1S/C35H42N2O4S/c1-2-3-4-5-12-17-34-37(21-20-27-18-19-30-31(22-27)41-26-40-30)35(39)32(42-34)23-33(38)36(24-28-13-8-6-9-14-28)25-29-15-10-7-11-16-29/h6-11,13-16,18-19,22,32,34H,2-5,12,17,20-21,23-26H2,1H3. The van der Waals surface area contributed by atoms with Crippen molar-refractivity contribution in [2.75, 3.05) is 13.3 Å². The van der Waals surface area contributed by atoms with E-state index in [9.17, 15) is 9.59 Å². The molecule has 1 fully saturated rings. The Morgan fingerprint density at radius 2 is 1.52 bits per heavy atom. The van der Waals surface area contributed by atoms with Crippen LogP contribution in [0.5, 0.6) is 11.5 Å². The van der Waals surface area contributed by atoms with Crippen molar-refractivity contribution in [2.45, 2.75) is 82.0 Å². The van der Waals surface area contributed by atoms with Crippen LogP contribution in [-0.4, -0.2) is 45.6 Å². The number of unbranched alkanes of at least 4 members (excludes halogenated alkanes) is 4. The fourth-order valence-electron chi connectivity index (χ4n) is 5.66. The zero-order chi connectivity index (χ0) is 29.1. The third kappa shape index (κ3) is 8.09. The topological polar surface area (TPSA) is 59.1 Å². The van der Waals surface area contributed by atoms with Crippen molar-refractivity contribution in [3.8, 4) is 11.5 Å². The van der Waals surface area contributed by atoms with Gasteiger partial charge in [-0.15, -0.1) is 11.8 Å². The third-order valence-electron chi connectivity index (χ3n) is 8.01. The summed E-state index contributed by atoms with van der Waals surface area (Å²) in [6.45, 7) is 4.16. The first-order chi connectivity index (χ1) is 20.6. The highest BCUT2D eigenvalue weighted by Gasteiger charge is 2.41. The molecule has 3 aromatic rings. The SMILES string of the molecule is CCCCCCCC1SC(CC(=O)N(Cc2ccccc2)Cc2ccccc2)C(=O)N1CCc1ccc2c(c1)OCO2. The van der Waals surface area contributed by atoms with Crippen LogP contribution >= 0.6 is 11.8 Å². The Balaban J connectivity index is 1.26. The molecule has 2 unspecified atom stereocenters. The van der Waals surface area contributed by atoms with Gasteiger partial charge in [-0.25, -0.2) is 0 Å². The molecule has 6 nitrogen and oxygen atoms in total. The molecule has 5 rings (SSSR count). The van der Waals surface area contributed by atoms with Crippen molar-refractivity contribution in [1.29, 1.82) is 0 Å². The minimum atomic E-state index is -0.357. The molecule has 2 aliphatic heterocycles. The third-order valence-corrected chi connectivity index (χ3v) is 9.51. The predicted octanol–water partition coefficient (Wildman–Crippen LogP) is 7.21. The molecule has 0 radical (unpaired) electrons. The molecule has 7 heteroatoms. The minimum Gasteiger partial charge on any atom is -0.454 e. The molecule has 0 bridgehead atoms. The second-order valence-electron chi connectivity index (χ2n) is 11.2. The van der Waals surface area contributed by atoms with Gasteiger partial charge in [-0.3, -0.25) is 9.59 Å². The largest absolute Gasteiger partial charge is 0.454 e. The number of carbonyl (C=O) groups is 2. The fraction of sp³-hybridized carbons (Fsp3) is 0.429. The Kier molecular flexibility index (Phi) is 10.8. The molecule has 2 aliphatic rings. The summed E-state index contributed by atoms with van der Waals surface area (Å²) in [5.74, 6) is 1.65. The number of benzene rings is 3. The highest BCUT2D eigenvalue weighted by Crippen LogP contribution is 2.38. The molecule has 3 aromatic carbocycles. The van der Waals surface area contributed by atoms with Gasteiger partial charge in [0, 0.05) is 26.1 Å². The lowest BCUT2D eigenvalue weighted by molar-refractivity contribution is -0.136. The van der Waals surface area contributed by atoms with Crippen LogP contribution in [0, 0.1) is 0 Å². The van der Waals surface area contributed by atoms with E-state index in [1.54, 1.807) is 11.8 Å².